The van der Waals surface area contributed by atoms with E-state index in [1.807, 2.05) is 4.90 Å². The first-order chi connectivity index (χ1) is 8.99. The Hall–Kier alpha value is -0.640. The first-order valence-corrected chi connectivity index (χ1v) is 7.99. The predicted molar refractivity (Wildman–Crippen MR) is 81.8 cm³/mol. The van der Waals surface area contributed by atoms with E-state index in [2.05, 4.69) is 13.8 Å². The smallest absolute Gasteiger partial charge is 0.235 e. The van der Waals surface area contributed by atoms with Crippen molar-refractivity contribution in [3.63, 3.8) is 0 Å². The van der Waals surface area contributed by atoms with E-state index in [0.29, 0.717) is 10.9 Å². The average molecular weight is 282 g/mol. The highest BCUT2D eigenvalue weighted by Crippen LogP contribution is 2.47. The number of rotatable bonds is 4. The van der Waals surface area contributed by atoms with Crippen molar-refractivity contribution in [2.24, 2.45) is 23.0 Å². The molecule has 1 aliphatic heterocycles. The molecule has 1 heterocycles. The topological polar surface area (TPSA) is 46.3 Å². The fourth-order valence-corrected chi connectivity index (χ4v) is 4.00. The van der Waals surface area contributed by atoms with Gasteiger partial charge in [-0.2, -0.15) is 0 Å². The van der Waals surface area contributed by atoms with Gasteiger partial charge in [-0.1, -0.05) is 38.9 Å². The van der Waals surface area contributed by atoms with Crippen molar-refractivity contribution in [3.8, 4) is 0 Å². The van der Waals surface area contributed by atoms with E-state index in [9.17, 15) is 4.79 Å². The van der Waals surface area contributed by atoms with Gasteiger partial charge < -0.3 is 10.6 Å². The second-order valence-corrected chi connectivity index (χ2v) is 6.92. The summed E-state index contributed by atoms with van der Waals surface area (Å²) in [4.78, 5) is 15.1. The van der Waals surface area contributed by atoms with Gasteiger partial charge in [-0.25, -0.2) is 0 Å². The molecule has 108 valence electrons. The Balaban J connectivity index is 1.95. The van der Waals surface area contributed by atoms with Crippen LogP contribution in [-0.4, -0.2) is 28.9 Å². The minimum atomic E-state index is -0.508. The predicted octanol–water partition coefficient (Wildman–Crippen LogP) is 2.73. The summed E-state index contributed by atoms with van der Waals surface area (Å²) in [5.74, 6) is 1.58. The normalized spacial score (nSPS) is 31.9. The Kier molecular flexibility index (Phi) is 4.49. The largest absolute Gasteiger partial charge is 0.392 e. The van der Waals surface area contributed by atoms with Gasteiger partial charge in [0.15, 0.2) is 0 Å². The lowest BCUT2D eigenvalue weighted by molar-refractivity contribution is -0.145. The maximum atomic E-state index is 12.7. The van der Waals surface area contributed by atoms with Crippen molar-refractivity contribution in [1.82, 2.24) is 4.90 Å². The zero-order valence-corrected chi connectivity index (χ0v) is 13.0. The first-order valence-electron chi connectivity index (χ1n) is 7.59. The van der Waals surface area contributed by atoms with Crippen LogP contribution in [0.1, 0.15) is 52.4 Å². The Morgan fingerprint density at radius 1 is 1.37 bits per heavy atom. The Bertz CT molecular complexity index is 355. The molecule has 2 fully saturated rings. The zero-order chi connectivity index (χ0) is 14.0. The molecule has 2 N–H and O–H groups in total. The number of nitrogens with zero attached hydrogens (tertiary/aromatic N) is 1. The number of thiocarbonyl (C=S) groups is 1. The minimum absolute atomic E-state index is 0.202. The van der Waals surface area contributed by atoms with Crippen molar-refractivity contribution in [2.75, 3.05) is 13.1 Å². The SMILES string of the molecule is CCCC1CCN(C(=O)C2(C(N)=S)CC(C)C2)CC1. The van der Waals surface area contributed by atoms with E-state index in [1.54, 1.807) is 0 Å². The molecule has 3 nitrogen and oxygen atoms in total. The molecule has 1 saturated heterocycles. The van der Waals surface area contributed by atoms with Crippen LogP contribution in [0.15, 0.2) is 0 Å². The van der Waals surface area contributed by atoms with Crippen LogP contribution >= 0.6 is 12.2 Å². The molecule has 0 spiro atoms. The van der Waals surface area contributed by atoms with Crippen molar-refractivity contribution in [2.45, 2.75) is 52.4 Å². The summed E-state index contributed by atoms with van der Waals surface area (Å²) in [7, 11) is 0. The van der Waals surface area contributed by atoms with E-state index < -0.39 is 5.41 Å². The van der Waals surface area contributed by atoms with Gasteiger partial charge in [0.2, 0.25) is 5.91 Å². The molecule has 4 heteroatoms. The van der Waals surface area contributed by atoms with Crippen LogP contribution in [0.2, 0.25) is 0 Å². The highest BCUT2D eigenvalue weighted by molar-refractivity contribution is 7.80. The molecular weight excluding hydrogens is 256 g/mol. The highest BCUT2D eigenvalue weighted by Gasteiger charge is 2.52. The Labute approximate surface area is 121 Å². The van der Waals surface area contributed by atoms with Gasteiger partial charge in [-0.15, -0.1) is 0 Å². The van der Waals surface area contributed by atoms with Crippen LogP contribution in [0.5, 0.6) is 0 Å². The maximum absolute atomic E-state index is 12.7. The molecule has 0 bridgehead atoms. The van der Waals surface area contributed by atoms with Crippen molar-refractivity contribution < 1.29 is 4.79 Å². The number of amides is 1. The molecule has 2 aliphatic rings. The average Bonchev–Trinajstić information content (AvgIpc) is 2.35. The summed E-state index contributed by atoms with van der Waals surface area (Å²) >= 11 is 5.17. The number of carbonyl (C=O) groups is 1. The second-order valence-electron chi connectivity index (χ2n) is 6.48. The van der Waals surface area contributed by atoms with Gasteiger partial charge >= 0.3 is 0 Å². The lowest BCUT2D eigenvalue weighted by Gasteiger charge is -2.47. The molecule has 0 aromatic carbocycles. The number of piperidine rings is 1. The third-order valence-corrected chi connectivity index (χ3v) is 5.26. The van der Waals surface area contributed by atoms with Crippen LogP contribution in [0, 0.1) is 17.3 Å². The fourth-order valence-electron chi connectivity index (χ4n) is 3.75. The van der Waals surface area contributed by atoms with Gasteiger partial charge in [-0.3, -0.25) is 4.79 Å². The minimum Gasteiger partial charge on any atom is -0.392 e. The lowest BCUT2D eigenvalue weighted by Crippen LogP contribution is -2.58. The summed E-state index contributed by atoms with van der Waals surface area (Å²) in [6, 6.07) is 0. The number of hydrogen-bond donors (Lipinski definition) is 1. The van der Waals surface area contributed by atoms with Crippen LogP contribution in [0.25, 0.3) is 0 Å². The lowest BCUT2D eigenvalue weighted by atomic mass is 9.61. The summed E-state index contributed by atoms with van der Waals surface area (Å²) < 4.78 is 0. The Morgan fingerprint density at radius 2 is 1.95 bits per heavy atom. The molecule has 0 atom stereocenters. The molecule has 0 radical (unpaired) electrons. The zero-order valence-electron chi connectivity index (χ0n) is 12.2. The van der Waals surface area contributed by atoms with Crippen LogP contribution in [0.4, 0.5) is 0 Å². The molecule has 0 unspecified atom stereocenters. The van der Waals surface area contributed by atoms with Crippen LogP contribution in [0.3, 0.4) is 0 Å². The second kappa shape index (κ2) is 5.78. The third-order valence-electron chi connectivity index (χ3n) is 4.87. The van der Waals surface area contributed by atoms with Gasteiger partial charge in [-0.05, 0) is 37.5 Å². The number of carbonyl (C=O) groups excluding carboxylic acids is 1. The van der Waals surface area contributed by atoms with E-state index in [-0.39, 0.29) is 5.91 Å². The van der Waals surface area contributed by atoms with Gasteiger partial charge in [0.1, 0.15) is 0 Å². The van der Waals surface area contributed by atoms with Crippen molar-refractivity contribution >= 4 is 23.1 Å². The van der Waals surface area contributed by atoms with E-state index in [4.69, 9.17) is 18.0 Å². The molecule has 2 rings (SSSR count). The maximum Gasteiger partial charge on any atom is 0.235 e. The molecular formula is C15H26N2OS. The van der Waals surface area contributed by atoms with E-state index >= 15 is 0 Å². The molecule has 1 saturated carbocycles. The summed E-state index contributed by atoms with van der Waals surface area (Å²) in [6.45, 7) is 6.18. The summed E-state index contributed by atoms with van der Waals surface area (Å²) in [6.07, 6.45) is 6.50. The third kappa shape index (κ3) is 2.78. The molecule has 1 aliphatic carbocycles. The number of hydrogen-bond acceptors (Lipinski definition) is 2. The highest BCUT2D eigenvalue weighted by atomic mass is 32.1. The van der Waals surface area contributed by atoms with Crippen molar-refractivity contribution in [1.29, 1.82) is 0 Å². The van der Waals surface area contributed by atoms with Gasteiger partial charge in [0, 0.05) is 13.1 Å². The Morgan fingerprint density at radius 3 is 2.37 bits per heavy atom. The monoisotopic (exact) mass is 282 g/mol. The standard InChI is InChI=1S/C15H26N2OS/c1-3-4-12-5-7-17(8-6-12)14(18)15(13(16)19)9-11(2)10-15/h11-12H,3-10H2,1-2H3,(H2,16,19). The number of nitrogens with two attached hydrogens (primary N) is 1. The van der Waals surface area contributed by atoms with E-state index in [0.717, 1.165) is 44.7 Å². The van der Waals surface area contributed by atoms with Crippen molar-refractivity contribution in [3.05, 3.63) is 0 Å². The molecule has 0 aromatic rings. The molecule has 0 aromatic heterocycles. The quantitative estimate of drug-likeness (QED) is 0.807. The first kappa shape index (κ1) is 14.8. The van der Waals surface area contributed by atoms with Gasteiger partial charge in [0.25, 0.3) is 0 Å². The van der Waals surface area contributed by atoms with Crippen LogP contribution < -0.4 is 5.73 Å². The van der Waals surface area contributed by atoms with Gasteiger partial charge in [0.05, 0.1) is 10.4 Å². The summed E-state index contributed by atoms with van der Waals surface area (Å²) in [5.41, 5.74) is 5.35. The molecule has 1 amide bonds. The molecule has 19 heavy (non-hydrogen) atoms. The van der Waals surface area contributed by atoms with E-state index in [1.165, 1.54) is 12.8 Å². The van der Waals surface area contributed by atoms with Crippen LogP contribution in [-0.2, 0) is 4.79 Å². The summed E-state index contributed by atoms with van der Waals surface area (Å²) in [5, 5.41) is 0. The number of likely N-dealkylation sites (tertiary alicyclic amines) is 1. The fraction of sp³-hybridized carbons (Fsp3) is 0.867.